The van der Waals surface area contributed by atoms with Gasteiger partial charge in [-0.25, -0.2) is 4.79 Å². The van der Waals surface area contributed by atoms with E-state index in [0.717, 1.165) is 21.9 Å². The Morgan fingerprint density at radius 3 is 2.65 bits per heavy atom. The molecule has 1 atom stereocenters. The maximum Gasteiger partial charge on any atom is 0.413 e. The van der Waals surface area contributed by atoms with Crippen LogP contribution in [0, 0.1) is 0 Å². The van der Waals surface area contributed by atoms with E-state index in [-0.39, 0.29) is 6.04 Å². The minimum Gasteiger partial charge on any atom is -0.410 e. The summed E-state index contributed by atoms with van der Waals surface area (Å²) in [5.41, 5.74) is 1.68. The van der Waals surface area contributed by atoms with E-state index in [1.165, 1.54) is 0 Å². The third-order valence-corrected chi connectivity index (χ3v) is 4.52. The highest BCUT2D eigenvalue weighted by Gasteiger charge is 2.30. The van der Waals surface area contributed by atoms with Crippen LogP contribution in [-0.4, -0.2) is 6.09 Å². The Kier molecular flexibility index (Phi) is 3.40. The van der Waals surface area contributed by atoms with Crippen LogP contribution in [0.15, 0.2) is 54.6 Å². The molecule has 0 saturated heterocycles. The van der Waals surface area contributed by atoms with Gasteiger partial charge in [-0.15, -0.1) is 0 Å². The average Bonchev–Trinajstić information content (AvgIpc) is 2.53. The number of halogens is 2. The molecule has 1 heterocycles. The lowest BCUT2D eigenvalue weighted by molar-refractivity contribution is 0.191. The maximum atomic E-state index is 11.9. The van der Waals surface area contributed by atoms with Crippen molar-refractivity contribution in [1.82, 2.24) is 5.32 Å². The highest BCUT2D eigenvalue weighted by atomic mass is 35.5. The van der Waals surface area contributed by atoms with Crippen molar-refractivity contribution >= 4 is 40.1 Å². The van der Waals surface area contributed by atoms with Gasteiger partial charge in [0.05, 0.1) is 6.04 Å². The highest BCUT2D eigenvalue weighted by Crippen LogP contribution is 2.41. The number of rotatable bonds is 1. The number of carbonyl (C=O) groups is 1. The molecular weight excluding hydrogens is 333 g/mol. The molecule has 5 heteroatoms. The maximum absolute atomic E-state index is 11.9. The van der Waals surface area contributed by atoms with Gasteiger partial charge >= 0.3 is 6.09 Å². The van der Waals surface area contributed by atoms with E-state index in [1.54, 1.807) is 12.1 Å². The first-order valence-electron chi connectivity index (χ1n) is 7.08. The summed E-state index contributed by atoms with van der Waals surface area (Å²) in [5.74, 6) is 0.545. The van der Waals surface area contributed by atoms with E-state index < -0.39 is 6.09 Å². The summed E-state index contributed by atoms with van der Waals surface area (Å²) in [7, 11) is 0. The number of amides is 1. The van der Waals surface area contributed by atoms with Crippen molar-refractivity contribution in [1.29, 1.82) is 0 Å². The molecule has 1 aliphatic rings. The first-order chi connectivity index (χ1) is 11.1. The molecule has 1 N–H and O–H groups in total. The number of hydrogen-bond donors (Lipinski definition) is 1. The first kappa shape index (κ1) is 14.4. The molecule has 3 aromatic rings. The van der Waals surface area contributed by atoms with E-state index >= 15 is 0 Å². The Morgan fingerprint density at radius 1 is 1.00 bits per heavy atom. The predicted molar refractivity (Wildman–Crippen MR) is 91.4 cm³/mol. The molecule has 0 radical (unpaired) electrons. The average molecular weight is 344 g/mol. The fraction of sp³-hybridized carbons (Fsp3) is 0.0556. The molecule has 0 aromatic heterocycles. The van der Waals surface area contributed by atoms with Gasteiger partial charge in [-0.2, -0.15) is 0 Å². The second-order valence-corrected chi connectivity index (χ2v) is 6.17. The van der Waals surface area contributed by atoms with Gasteiger partial charge in [-0.3, -0.25) is 0 Å². The number of fused-ring (bicyclic) bond motifs is 3. The van der Waals surface area contributed by atoms with E-state index in [9.17, 15) is 4.79 Å². The highest BCUT2D eigenvalue weighted by molar-refractivity contribution is 6.35. The molecule has 1 aliphatic heterocycles. The Morgan fingerprint density at radius 2 is 1.83 bits per heavy atom. The fourth-order valence-corrected chi connectivity index (χ4v) is 3.47. The number of carbonyl (C=O) groups excluding carboxylic acids is 1. The summed E-state index contributed by atoms with van der Waals surface area (Å²) < 4.78 is 5.34. The van der Waals surface area contributed by atoms with Crippen LogP contribution in [0.4, 0.5) is 4.79 Å². The molecule has 1 amide bonds. The van der Waals surface area contributed by atoms with Crippen molar-refractivity contribution in [3.63, 3.8) is 0 Å². The van der Waals surface area contributed by atoms with Crippen LogP contribution in [-0.2, 0) is 0 Å². The second kappa shape index (κ2) is 5.44. The molecule has 23 heavy (non-hydrogen) atoms. The second-order valence-electron chi connectivity index (χ2n) is 5.33. The normalized spacial score (nSPS) is 16.6. The summed E-state index contributed by atoms with van der Waals surface area (Å²) in [5, 5.41) is 5.99. The van der Waals surface area contributed by atoms with Gasteiger partial charge in [0.2, 0.25) is 0 Å². The van der Waals surface area contributed by atoms with Crippen molar-refractivity contribution < 1.29 is 9.53 Å². The Balaban J connectivity index is 1.99. The lowest BCUT2D eigenvalue weighted by Crippen LogP contribution is -2.36. The smallest absolute Gasteiger partial charge is 0.410 e. The third-order valence-electron chi connectivity index (χ3n) is 3.96. The van der Waals surface area contributed by atoms with Crippen molar-refractivity contribution in [2.45, 2.75) is 6.04 Å². The standard InChI is InChI=1S/C18H11Cl2NO2/c19-11-6-7-13(14(20)9-11)17-16-12-4-2-1-3-10(12)5-8-15(16)23-18(22)21-17/h1-9,17H,(H,21,22). The Bertz CT molecular complexity index is 939. The molecule has 0 spiro atoms. The summed E-state index contributed by atoms with van der Waals surface area (Å²) in [6, 6.07) is 16.6. The predicted octanol–water partition coefficient (Wildman–Crippen LogP) is 5.34. The molecule has 114 valence electrons. The van der Waals surface area contributed by atoms with Crippen LogP contribution >= 0.6 is 23.2 Å². The van der Waals surface area contributed by atoms with Gasteiger partial charge in [-0.1, -0.05) is 59.6 Å². The summed E-state index contributed by atoms with van der Waals surface area (Å²) in [6.45, 7) is 0. The minimum absolute atomic E-state index is 0.387. The van der Waals surface area contributed by atoms with Gasteiger partial charge in [0, 0.05) is 15.6 Å². The number of nitrogens with one attached hydrogen (secondary N) is 1. The number of hydrogen-bond acceptors (Lipinski definition) is 2. The van der Waals surface area contributed by atoms with E-state index in [1.807, 2.05) is 42.5 Å². The molecule has 0 aliphatic carbocycles. The topological polar surface area (TPSA) is 38.3 Å². The quantitative estimate of drug-likeness (QED) is 0.647. The van der Waals surface area contributed by atoms with Crippen LogP contribution in [0.25, 0.3) is 10.8 Å². The molecular formula is C18H11Cl2NO2. The fourth-order valence-electron chi connectivity index (χ4n) is 2.95. The zero-order valence-electron chi connectivity index (χ0n) is 11.8. The molecule has 0 bridgehead atoms. The van der Waals surface area contributed by atoms with Crippen LogP contribution in [0.5, 0.6) is 5.75 Å². The summed E-state index contributed by atoms with van der Waals surface area (Å²) >= 11 is 12.3. The van der Waals surface area contributed by atoms with Crippen molar-refractivity contribution in [3.8, 4) is 5.75 Å². The van der Waals surface area contributed by atoms with Crippen molar-refractivity contribution in [3.05, 3.63) is 75.8 Å². The van der Waals surface area contributed by atoms with Gasteiger partial charge in [0.1, 0.15) is 5.75 Å². The molecule has 1 unspecified atom stereocenters. The molecule has 0 fully saturated rings. The first-order valence-corrected chi connectivity index (χ1v) is 7.84. The van der Waals surface area contributed by atoms with Crippen LogP contribution in [0.2, 0.25) is 10.0 Å². The van der Waals surface area contributed by atoms with E-state index in [4.69, 9.17) is 27.9 Å². The van der Waals surface area contributed by atoms with Gasteiger partial charge in [-0.05, 0) is 34.5 Å². The van der Waals surface area contributed by atoms with Gasteiger partial charge in [0.15, 0.2) is 0 Å². The zero-order chi connectivity index (χ0) is 16.0. The summed E-state index contributed by atoms with van der Waals surface area (Å²) in [4.78, 5) is 11.9. The van der Waals surface area contributed by atoms with Crippen molar-refractivity contribution in [2.75, 3.05) is 0 Å². The van der Waals surface area contributed by atoms with Crippen molar-refractivity contribution in [2.24, 2.45) is 0 Å². The lowest BCUT2D eigenvalue weighted by atomic mass is 9.92. The third kappa shape index (κ3) is 2.42. The molecule has 0 saturated carbocycles. The SMILES string of the molecule is O=C1NC(c2ccc(Cl)cc2Cl)c2c(ccc3ccccc23)O1. The monoisotopic (exact) mass is 343 g/mol. The molecule has 4 rings (SSSR count). The van der Waals surface area contributed by atoms with E-state index in [2.05, 4.69) is 5.32 Å². The van der Waals surface area contributed by atoms with Crippen LogP contribution in [0.3, 0.4) is 0 Å². The lowest BCUT2D eigenvalue weighted by Gasteiger charge is -2.28. The number of benzene rings is 3. The largest absolute Gasteiger partial charge is 0.413 e. The van der Waals surface area contributed by atoms with Crippen LogP contribution in [0.1, 0.15) is 17.2 Å². The number of ether oxygens (including phenoxy) is 1. The molecule has 3 nitrogen and oxygen atoms in total. The van der Waals surface area contributed by atoms with E-state index in [0.29, 0.717) is 15.8 Å². The molecule has 3 aromatic carbocycles. The van der Waals surface area contributed by atoms with Gasteiger partial charge < -0.3 is 10.1 Å². The minimum atomic E-state index is -0.496. The summed E-state index contributed by atoms with van der Waals surface area (Å²) in [6.07, 6.45) is -0.496. The van der Waals surface area contributed by atoms with Crippen LogP contribution < -0.4 is 10.1 Å². The Hall–Kier alpha value is -2.23. The van der Waals surface area contributed by atoms with Gasteiger partial charge in [0.25, 0.3) is 0 Å². The zero-order valence-corrected chi connectivity index (χ0v) is 13.4. The Labute approximate surface area is 142 Å².